The van der Waals surface area contributed by atoms with Crippen molar-refractivity contribution in [3.63, 3.8) is 0 Å². The molecule has 0 saturated heterocycles. The number of carbonyl (C=O) groups is 1. The molecule has 0 aliphatic heterocycles. The molecule has 1 amide bonds. The standard InChI is InChI=1S/C20H20BrN5O6S/c1-12-19(21)15(10-31-2)14(8-22)20(24-12)32-11-18(28)25-23-9-13-3-4-17(33-6-5-27)16(7-13)26(29)30/h3-4,7,9,27H,5-6,10-11H2,1-2H3,(H,25,28). The predicted molar refractivity (Wildman–Crippen MR) is 124 cm³/mol. The van der Waals surface area contributed by atoms with Gasteiger partial charge in [-0.25, -0.2) is 10.4 Å². The van der Waals surface area contributed by atoms with E-state index in [2.05, 4.69) is 31.4 Å². The molecule has 1 aromatic carbocycles. The molecule has 0 bridgehead atoms. The minimum absolute atomic E-state index is 0.00373. The van der Waals surface area contributed by atoms with Gasteiger partial charge in [0.1, 0.15) is 11.6 Å². The van der Waals surface area contributed by atoms with E-state index >= 15 is 0 Å². The highest BCUT2D eigenvalue weighted by atomic mass is 79.9. The molecular weight excluding hydrogens is 518 g/mol. The first kappa shape index (κ1) is 26.2. The van der Waals surface area contributed by atoms with Gasteiger partial charge in [-0.2, -0.15) is 10.4 Å². The van der Waals surface area contributed by atoms with Gasteiger partial charge in [-0.3, -0.25) is 14.9 Å². The van der Waals surface area contributed by atoms with Crippen LogP contribution in [0.2, 0.25) is 0 Å². The second-order valence-corrected chi connectivity index (χ2v) is 8.28. The number of aliphatic hydroxyl groups is 1. The Morgan fingerprint density at radius 1 is 1.52 bits per heavy atom. The third-order valence-corrected chi connectivity index (χ3v) is 6.13. The number of benzene rings is 1. The Morgan fingerprint density at radius 2 is 2.27 bits per heavy atom. The summed E-state index contributed by atoms with van der Waals surface area (Å²) in [5, 5.41) is 33.4. The summed E-state index contributed by atoms with van der Waals surface area (Å²) in [7, 11) is 1.49. The number of aliphatic hydroxyl groups excluding tert-OH is 1. The van der Waals surface area contributed by atoms with E-state index < -0.39 is 17.4 Å². The van der Waals surface area contributed by atoms with Gasteiger partial charge < -0.3 is 14.6 Å². The van der Waals surface area contributed by atoms with E-state index in [9.17, 15) is 20.2 Å². The van der Waals surface area contributed by atoms with Gasteiger partial charge in [-0.05, 0) is 28.9 Å². The fourth-order valence-electron chi connectivity index (χ4n) is 2.59. The number of thioether (sulfide) groups is 1. The highest BCUT2D eigenvalue weighted by Gasteiger charge is 2.18. The van der Waals surface area contributed by atoms with Gasteiger partial charge in [-0.1, -0.05) is 6.07 Å². The van der Waals surface area contributed by atoms with Crippen molar-refractivity contribution in [3.8, 4) is 11.9 Å². The number of aryl methyl sites for hydroxylation is 1. The summed E-state index contributed by atoms with van der Waals surface area (Å²) in [6, 6.07) is 6.47. The van der Waals surface area contributed by atoms with Gasteiger partial charge in [0.05, 0.1) is 34.9 Å². The van der Waals surface area contributed by atoms with Crippen molar-refractivity contribution in [2.75, 3.05) is 26.1 Å². The molecule has 0 unspecified atom stereocenters. The number of nitrogens with one attached hydrogen (secondary N) is 1. The summed E-state index contributed by atoms with van der Waals surface area (Å²) in [5.41, 5.74) is 3.80. The molecule has 0 aliphatic rings. The second kappa shape index (κ2) is 12.9. The zero-order valence-electron chi connectivity index (χ0n) is 17.7. The van der Waals surface area contributed by atoms with Crippen LogP contribution in [0.1, 0.15) is 22.4 Å². The van der Waals surface area contributed by atoms with E-state index in [-0.39, 0.29) is 30.3 Å². The summed E-state index contributed by atoms with van der Waals surface area (Å²) >= 11 is 4.54. The van der Waals surface area contributed by atoms with E-state index in [0.717, 1.165) is 11.8 Å². The van der Waals surface area contributed by atoms with Crippen molar-refractivity contribution in [2.45, 2.75) is 18.4 Å². The highest BCUT2D eigenvalue weighted by molar-refractivity contribution is 9.10. The van der Waals surface area contributed by atoms with E-state index in [1.807, 2.05) is 6.07 Å². The third-order valence-electron chi connectivity index (χ3n) is 4.04. The Morgan fingerprint density at radius 3 is 2.91 bits per heavy atom. The van der Waals surface area contributed by atoms with Crippen LogP contribution in [0.3, 0.4) is 0 Å². The van der Waals surface area contributed by atoms with Gasteiger partial charge in [0.2, 0.25) is 5.88 Å². The monoisotopic (exact) mass is 537 g/mol. The molecule has 2 N–H and O–H groups in total. The van der Waals surface area contributed by atoms with Gasteiger partial charge in [-0.15, -0.1) is 11.8 Å². The molecule has 0 aliphatic carbocycles. The summed E-state index contributed by atoms with van der Waals surface area (Å²) in [6.45, 7) is 1.32. The molecule has 2 rings (SSSR count). The van der Waals surface area contributed by atoms with Crippen LogP contribution in [-0.2, 0) is 16.1 Å². The van der Waals surface area contributed by atoms with Gasteiger partial charge in [0, 0.05) is 34.5 Å². The molecule has 1 heterocycles. The van der Waals surface area contributed by atoms with Crippen LogP contribution >= 0.6 is 27.7 Å². The molecule has 0 saturated carbocycles. The van der Waals surface area contributed by atoms with Crippen LogP contribution in [0.5, 0.6) is 5.88 Å². The van der Waals surface area contributed by atoms with Crippen LogP contribution in [0.4, 0.5) is 5.69 Å². The Balaban J connectivity index is 2.05. The van der Waals surface area contributed by atoms with Gasteiger partial charge in [0.25, 0.3) is 11.6 Å². The van der Waals surface area contributed by atoms with E-state index in [0.29, 0.717) is 31.9 Å². The average Bonchev–Trinajstić information content (AvgIpc) is 2.79. The maximum absolute atomic E-state index is 12.1. The lowest BCUT2D eigenvalue weighted by atomic mass is 10.1. The SMILES string of the molecule is COCc1c(Br)c(C)nc(OCC(=O)NN=Cc2ccc(SCCO)c([N+](=O)[O-])c2)c1C#N. The van der Waals surface area contributed by atoms with Crippen LogP contribution < -0.4 is 10.2 Å². The first-order chi connectivity index (χ1) is 15.8. The Bertz CT molecular complexity index is 1110. The molecular formula is C20H20BrN5O6S. The number of aromatic nitrogens is 1. The summed E-state index contributed by atoms with van der Waals surface area (Å²) in [4.78, 5) is 27.4. The number of nitrogens with zero attached hydrogens (tertiary/aromatic N) is 4. The second-order valence-electron chi connectivity index (χ2n) is 6.35. The largest absolute Gasteiger partial charge is 0.467 e. The first-order valence-corrected chi connectivity index (χ1v) is 11.1. The number of ether oxygens (including phenoxy) is 2. The Kier molecular flexibility index (Phi) is 10.2. The van der Waals surface area contributed by atoms with E-state index in [1.54, 1.807) is 19.1 Å². The number of methoxy groups -OCH3 is 1. The molecule has 0 spiro atoms. The van der Waals surface area contributed by atoms with Crippen molar-refractivity contribution in [1.29, 1.82) is 5.26 Å². The maximum atomic E-state index is 12.1. The molecule has 13 heteroatoms. The van der Waals surface area contributed by atoms with E-state index in [4.69, 9.17) is 14.6 Å². The fourth-order valence-corrected chi connectivity index (χ4v) is 3.75. The zero-order chi connectivity index (χ0) is 24.4. The van der Waals surface area contributed by atoms with Crippen LogP contribution in [-0.4, -0.2) is 53.2 Å². The van der Waals surface area contributed by atoms with Gasteiger partial charge in [0.15, 0.2) is 6.61 Å². The number of hydrogen-bond donors (Lipinski definition) is 2. The number of pyridine rings is 1. The number of hydrazone groups is 1. The van der Waals surface area contributed by atoms with Crippen LogP contribution in [0.15, 0.2) is 32.7 Å². The van der Waals surface area contributed by atoms with E-state index in [1.165, 1.54) is 19.4 Å². The predicted octanol–water partition coefficient (Wildman–Crippen LogP) is 2.69. The molecule has 174 valence electrons. The minimum atomic E-state index is -0.615. The number of nitriles is 1. The number of halogens is 1. The lowest BCUT2D eigenvalue weighted by molar-refractivity contribution is -0.387. The molecule has 0 fully saturated rings. The number of amides is 1. The molecule has 33 heavy (non-hydrogen) atoms. The number of nitro benzene ring substituents is 1. The molecule has 1 aromatic heterocycles. The molecule has 0 atom stereocenters. The Labute approximate surface area is 202 Å². The normalized spacial score (nSPS) is 10.8. The topological polar surface area (TPSA) is 160 Å². The first-order valence-electron chi connectivity index (χ1n) is 9.37. The number of nitro groups is 1. The van der Waals surface area contributed by atoms with Crippen LogP contribution in [0.25, 0.3) is 0 Å². The highest BCUT2D eigenvalue weighted by Crippen LogP contribution is 2.30. The van der Waals surface area contributed by atoms with Crippen molar-refractivity contribution in [2.24, 2.45) is 5.10 Å². The maximum Gasteiger partial charge on any atom is 0.283 e. The van der Waals surface area contributed by atoms with Crippen molar-refractivity contribution < 1.29 is 24.3 Å². The fraction of sp³-hybridized carbons (Fsp3) is 0.300. The smallest absolute Gasteiger partial charge is 0.283 e. The summed E-state index contributed by atoms with van der Waals surface area (Å²) < 4.78 is 11.1. The number of carbonyl (C=O) groups excluding carboxylic acids is 1. The third kappa shape index (κ3) is 7.22. The minimum Gasteiger partial charge on any atom is -0.467 e. The summed E-state index contributed by atoms with van der Waals surface area (Å²) in [5.74, 6) is -0.288. The summed E-state index contributed by atoms with van der Waals surface area (Å²) in [6.07, 6.45) is 1.25. The van der Waals surface area contributed by atoms with Crippen LogP contribution in [0, 0.1) is 28.4 Å². The quantitative estimate of drug-likeness (QED) is 0.190. The molecule has 2 aromatic rings. The van der Waals surface area contributed by atoms with Crippen molar-refractivity contribution in [3.05, 3.63) is 55.2 Å². The molecule has 0 radical (unpaired) electrons. The zero-order valence-corrected chi connectivity index (χ0v) is 20.1. The Hall–Kier alpha value is -3.05. The molecule has 11 nitrogen and oxygen atoms in total. The number of hydrogen-bond acceptors (Lipinski definition) is 10. The average molecular weight is 538 g/mol. The van der Waals surface area contributed by atoms with Crippen molar-refractivity contribution >= 4 is 45.5 Å². The van der Waals surface area contributed by atoms with Gasteiger partial charge >= 0.3 is 0 Å². The van der Waals surface area contributed by atoms with Crippen molar-refractivity contribution in [1.82, 2.24) is 10.4 Å². The lowest BCUT2D eigenvalue weighted by Gasteiger charge is -2.13. The number of rotatable bonds is 11. The lowest BCUT2D eigenvalue weighted by Crippen LogP contribution is -2.25.